The molecule has 0 saturated carbocycles. The zero-order chi connectivity index (χ0) is 18.9. The Morgan fingerprint density at radius 2 is 2.08 bits per heavy atom. The molecule has 0 aromatic carbocycles. The second kappa shape index (κ2) is 7.06. The molecule has 2 amide bonds. The quantitative estimate of drug-likeness (QED) is 0.533. The summed E-state index contributed by atoms with van der Waals surface area (Å²) >= 11 is 5.88. The molecule has 2 rings (SSSR count). The lowest BCUT2D eigenvalue weighted by molar-refractivity contribution is -0.144. The van der Waals surface area contributed by atoms with E-state index in [9.17, 15) is 23.9 Å². The van der Waals surface area contributed by atoms with Gasteiger partial charge in [-0.3, -0.25) is 20.1 Å². The molecule has 1 fully saturated rings. The van der Waals surface area contributed by atoms with Crippen LogP contribution in [0.5, 0.6) is 0 Å². The number of hydrogen-bond acceptors (Lipinski definition) is 6. The van der Waals surface area contributed by atoms with Crippen LogP contribution in [0, 0.1) is 0 Å². The summed E-state index contributed by atoms with van der Waals surface area (Å²) in [4.78, 5) is 37.1. The van der Waals surface area contributed by atoms with Crippen LogP contribution >= 0.6 is 11.6 Å². The number of amides is 2. The summed E-state index contributed by atoms with van der Waals surface area (Å²) in [5, 5.41) is 15.5. The number of nitrogens with zero attached hydrogens (tertiary/aromatic N) is 3. The highest BCUT2D eigenvalue weighted by atomic mass is 35.5. The van der Waals surface area contributed by atoms with Crippen molar-refractivity contribution in [3.63, 3.8) is 0 Å². The minimum absolute atomic E-state index is 0.0344. The minimum Gasteiger partial charge on any atom is -0.392 e. The van der Waals surface area contributed by atoms with E-state index < -0.39 is 36.3 Å². The number of nitrogens with two attached hydrogens (primary N) is 1. The largest absolute Gasteiger partial charge is 0.392 e. The number of nitrogens with one attached hydrogen (secondary N) is 1. The number of carbonyl (C=O) groups is 2. The highest BCUT2D eigenvalue weighted by Gasteiger charge is 2.50. The SMILES string of the molecule is CC(=O)N1CC(NC(=O)Cc2c(CO)c(Cl)nn(C)c2=O)(C(N)F)C1. The van der Waals surface area contributed by atoms with Gasteiger partial charge in [0, 0.05) is 38.2 Å². The van der Waals surface area contributed by atoms with E-state index >= 15 is 0 Å². The molecule has 2 heterocycles. The average molecular weight is 376 g/mol. The van der Waals surface area contributed by atoms with Crippen LogP contribution in [0.3, 0.4) is 0 Å². The van der Waals surface area contributed by atoms with E-state index in [0.717, 1.165) is 4.68 Å². The standard InChI is InChI=1S/C14H19ClFN5O4/c1-7(23)21-5-14(6-21,13(16)17)18-10(24)3-8-9(4-22)11(15)19-20(2)12(8)25/h13,22H,3-6,17H2,1-2H3,(H,18,24). The van der Waals surface area contributed by atoms with Crippen LogP contribution in [0.2, 0.25) is 5.15 Å². The summed E-state index contributed by atoms with van der Waals surface area (Å²) in [7, 11) is 1.35. The Morgan fingerprint density at radius 1 is 1.48 bits per heavy atom. The number of hydrogen-bond donors (Lipinski definition) is 3. The molecule has 1 aromatic heterocycles. The molecular weight excluding hydrogens is 357 g/mol. The van der Waals surface area contributed by atoms with Crippen LogP contribution < -0.4 is 16.6 Å². The molecule has 1 atom stereocenters. The smallest absolute Gasteiger partial charge is 0.270 e. The second-order valence-corrected chi connectivity index (χ2v) is 6.35. The van der Waals surface area contributed by atoms with E-state index in [1.54, 1.807) is 0 Å². The molecule has 25 heavy (non-hydrogen) atoms. The van der Waals surface area contributed by atoms with Crippen molar-refractivity contribution in [2.75, 3.05) is 13.1 Å². The fourth-order valence-corrected chi connectivity index (χ4v) is 2.98. The Kier molecular flexibility index (Phi) is 5.45. The lowest BCUT2D eigenvalue weighted by Crippen LogP contribution is -2.77. The van der Waals surface area contributed by atoms with Crippen molar-refractivity contribution >= 4 is 23.4 Å². The maximum Gasteiger partial charge on any atom is 0.270 e. The summed E-state index contributed by atoms with van der Waals surface area (Å²) in [6, 6.07) is 0. The van der Waals surface area contributed by atoms with Crippen molar-refractivity contribution in [2.24, 2.45) is 12.8 Å². The molecule has 0 aliphatic carbocycles. The fourth-order valence-electron chi connectivity index (χ4n) is 2.69. The van der Waals surface area contributed by atoms with Crippen LogP contribution in [0.4, 0.5) is 4.39 Å². The van der Waals surface area contributed by atoms with Gasteiger partial charge < -0.3 is 15.3 Å². The van der Waals surface area contributed by atoms with Crippen molar-refractivity contribution in [1.82, 2.24) is 20.0 Å². The first-order valence-corrected chi connectivity index (χ1v) is 7.80. The summed E-state index contributed by atoms with van der Waals surface area (Å²) in [6.45, 7) is 0.628. The third-order valence-electron chi connectivity index (χ3n) is 4.21. The molecule has 1 saturated heterocycles. The van der Waals surface area contributed by atoms with Gasteiger partial charge in [-0.25, -0.2) is 9.07 Å². The molecule has 0 spiro atoms. The van der Waals surface area contributed by atoms with Crippen LogP contribution in [0.15, 0.2) is 4.79 Å². The molecule has 1 aromatic rings. The van der Waals surface area contributed by atoms with Crippen molar-refractivity contribution in [2.45, 2.75) is 31.8 Å². The molecule has 0 bridgehead atoms. The Morgan fingerprint density at radius 3 is 2.56 bits per heavy atom. The van der Waals surface area contributed by atoms with Crippen molar-refractivity contribution in [3.8, 4) is 0 Å². The van der Waals surface area contributed by atoms with Crippen LogP contribution in [0.25, 0.3) is 0 Å². The van der Waals surface area contributed by atoms with Crippen LogP contribution in [0.1, 0.15) is 18.1 Å². The van der Waals surface area contributed by atoms with Crippen LogP contribution in [-0.4, -0.2) is 56.5 Å². The minimum atomic E-state index is -1.88. The number of aryl methyl sites for hydroxylation is 1. The summed E-state index contributed by atoms with van der Waals surface area (Å²) in [5.74, 6) is -0.937. The number of halogens is 2. The first kappa shape index (κ1) is 19.3. The lowest BCUT2D eigenvalue weighted by atomic mass is 9.88. The molecule has 4 N–H and O–H groups in total. The zero-order valence-electron chi connectivity index (χ0n) is 13.8. The predicted molar refractivity (Wildman–Crippen MR) is 86.3 cm³/mol. The number of aromatic nitrogens is 2. The van der Waals surface area contributed by atoms with Gasteiger partial charge in [0.1, 0.15) is 5.54 Å². The van der Waals surface area contributed by atoms with Gasteiger partial charge in [-0.05, 0) is 0 Å². The van der Waals surface area contributed by atoms with E-state index in [-0.39, 0.29) is 35.3 Å². The maximum absolute atomic E-state index is 13.8. The van der Waals surface area contributed by atoms with Crippen molar-refractivity contribution in [1.29, 1.82) is 0 Å². The van der Waals surface area contributed by atoms with Gasteiger partial charge in [0.15, 0.2) is 11.4 Å². The number of likely N-dealkylation sites (tertiary alicyclic amines) is 1. The van der Waals surface area contributed by atoms with Gasteiger partial charge >= 0.3 is 0 Å². The molecule has 11 heteroatoms. The van der Waals surface area contributed by atoms with Gasteiger partial charge in [-0.1, -0.05) is 11.6 Å². The van der Waals surface area contributed by atoms with Gasteiger partial charge in [-0.15, -0.1) is 0 Å². The van der Waals surface area contributed by atoms with Crippen molar-refractivity contribution < 1.29 is 19.1 Å². The monoisotopic (exact) mass is 375 g/mol. The first-order chi connectivity index (χ1) is 11.6. The normalized spacial score (nSPS) is 17.0. The predicted octanol–water partition coefficient (Wildman–Crippen LogP) is -1.56. The molecule has 1 aliphatic heterocycles. The number of aliphatic hydroxyl groups excluding tert-OH is 1. The number of aliphatic hydroxyl groups is 1. The van der Waals surface area contributed by atoms with Gasteiger partial charge in [-0.2, -0.15) is 5.10 Å². The third-order valence-corrected chi connectivity index (χ3v) is 4.51. The number of alkyl halides is 1. The molecule has 138 valence electrons. The summed E-state index contributed by atoms with van der Waals surface area (Å²) < 4.78 is 14.7. The Balaban J connectivity index is 2.21. The van der Waals surface area contributed by atoms with E-state index in [1.807, 2.05) is 0 Å². The third kappa shape index (κ3) is 3.65. The molecule has 1 unspecified atom stereocenters. The highest BCUT2D eigenvalue weighted by molar-refractivity contribution is 6.30. The van der Waals surface area contributed by atoms with E-state index in [1.165, 1.54) is 18.9 Å². The fraction of sp³-hybridized carbons (Fsp3) is 0.571. The Labute approximate surface area is 147 Å². The van der Waals surface area contributed by atoms with Gasteiger partial charge in [0.25, 0.3) is 5.56 Å². The summed E-state index contributed by atoms with van der Waals surface area (Å²) in [5.41, 5.74) is 3.32. The average Bonchev–Trinajstić information content (AvgIpc) is 2.47. The van der Waals surface area contributed by atoms with E-state index in [4.69, 9.17) is 17.3 Å². The van der Waals surface area contributed by atoms with E-state index in [2.05, 4.69) is 10.4 Å². The summed E-state index contributed by atoms with van der Waals surface area (Å²) in [6.07, 6.45) is -2.31. The zero-order valence-corrected chi connectivity index (χ0v) is 14.5. The maximum atomic E-state index is 13.8. The first-order valence-electron chi connectivity index (χ1n) is 7.43. The lowest BCUT2D eigenvalue weighted by Gasteiger charge is -2.50. The van der Waals surface area contributed by atoms with Gasteiger partial charge in [0.2, 0.25) is 11.8 Å². The topological polar surface area (TPSA) is 131 Å². The molecule has 9 nitrogen and oxygen atoms in total. The second-order valence-electron chi connectivity index (χ2n) is 5.99. The van der Waals surface area contributed by atoms with Gasteiger partial charge in [0.05, 0.1) is 13.0 Å². The van der Waals surface area contributed by atoms with E-state index in [0.29, 0.717) is 0 Å². The van der Waals surface area contributed by atoms with Crippen LogP contribution in [-0.2, 0) is 29.7 Å². The number of rotatable bonds is 5. The molecular formula is C14H19ClFN5O4. The molecule has 0 radical (unpaired) electrons. The Hall–Kier alpha value is -2.04. The Bertz CT molecular complexity index is 760. The number of carbonyl (C=O) groups excluding carboxylic acids is 2. The highest BCUT2D eigenvalue weighted by Crippen LogP contribution is 2.25. The molecule has 1 aliphatic rings. The van der Waals surface area contributed by atoms with Crippen molar-refractivity contribution in [3.05, 3.63) is 26.6 Å².